The van der Waals surface area contributed by atoms with Gasteiger partial charge in [0.1, 0.15) is 5.82 Å². The van der Waals surface area contributed by atoms with Crippen LogP contribution in [0, 0.1) is 0 Å². The van der Waals surface area contributed by atoms with E-state index in [1.165, 1.54) is 0 Å². The first kappa shape index (κ1) is 12.5. The predicted molar refractivity (Wildman–Crippen MR) is 75.2 cm³/mol. The average molecular weight is 315 g/mol. The van der Waals surface area contributed by atoms with Crippen LogP contribution in [0.15, 0.2) is 22.7 Å². The fraction of sp³-hybridized carbons (Fsp3) is 0.250. The van der Waals surface area contributed by atoms with E-state index in [9.17, 15) is 0 Å². The fourth-order valence-electron chi connectivity index (χ4n) is 1.85. The number of aromatic nitrogens is 2. The Morgan fingerprint density at radius 1 is 1.41 bits per heavy atom. The van der Waals surface area contributed by atoms with E-state index in [1.807, 2.05) is 18.2 Å². The van der Waals surface area contributed by atoms with Crippen LogP contribution in [-0.4, -0.2) is 10.2 Å². The molecule has 0 spiro atoms. The van der Waals surface area contributed by atoms with E-state index in [-0.39, 0.29) is 0 Å². The summed E-state index contributed by atoms with van der Waals surface area (Å²) in [6, 6.07) is 5.76. The Labute approximate surface area is 113 Å². The third-order valence-electron chi connectivity index (χ3n) is 2.61. The number of benzene rings is 1. The highest BCUT2D eigenvalue weighted by Crippen LogP contribution is 2.36. The highest BCUT2D eigenvalue weighted by molar-refractivity contribution is 9.10. The Balaban J connectivity index is 2.61. The second kappa shape index (κ2) is 4.70. The van der Waals surface area contributed by atoms with E-state index in [1.54, 1.807) is 0 Å². The monoisotopic (exact) mass is 313 g/mol. The third-order valence-corrected chi connectivity index (χ3v) is 3.42. The summed E-state index contributed by atoms with van der Waals surface area (Å²) in [7, 11) is 0. The van der Waals surface area contributed by atoms with Crippen molar-refractivity contribution in [1.29, 1.82) is 0 Å². The molecule has 0 fully saturated rings. The molecule has 2 rings (SSSR count). The average Bonchev–Trinajstić information content (AvgIpc) is 2.60. The lowest BCUT2D eigenvalue weighted by Gasteiger charge is -2.09. The van der Waals surface area contributed by atoms with Crippen molar-refractivity contribution in [3.05, 3.63) is 33.3 Å². The Hall–Kier alpha value is -1.000. The van der Waals surface area contributed by atoms with Crippen LogP contribution >= 0.6 is 27.5 Å². The van der Waals surface area contributed by atoms with Crippen LogP contribution in [0.5, 0.6) is 0 Å². The molecule has 0 aliphatic rings. The van der Waals surface area contributed by atoms with Crippen molar-refractivity contribution >= 4 is 33.3 Å². The SMILES string of the molecule is CC(C)c1c(N)n[nH]c1-c1ccc(Br)cc1Cl. The largest absolute Gasteiger partial charge is 0.382 e. The summed E-state index contributed by atoms with van der Waals surface area (Å²) in [5.74, 6) is 0.831. The topological polar surface area (TPSA) is 54.7 Å². The molecule has 2 aromatic rings. The van der Waals surface area contributed by atoms with Gasteiger partial charge in [-0.1, -0.05) is 47.4 Å². The summed E-state index contributed by atoms with van der Waals surface area (Å²) in [4.78, 5) is 0. The van der Waals surface area contributed by atoms with Gasteiger partial charge in [-0.05, 0) is 18.1 Å². The van der Waals surface area contributed by atoms with Crippen LogP contribution in [0.2, 0.25) is 5.02 Å². The number of nitrogens with zero attached hydrogens (tertiary/aromatic N) is 1. The molecular weight excluding hydrogens is 302 g/mol. The number of anilines is 1. The lowest BCUT2D eigenvalue weighted by molar-refractivity contribution is 0.873. The van der Waals surface area contributed by atoms with Crippen LogP contribution in [0.4, 0.5) is 5.82 Å². The van der Waals surface area contributed by atoms with Crippen molar-refractivity contribution in [2.75, 3.05) is 5.73 Å². The van der Waals surface area contributed by atoms with Crippen molar-refractivity contribution < 1.29 is 0 Å². The van der Waals surface area contributed by atoms with Gasteiger partial charge in [-0.3, -0.25) is 5.10 Å². The number of halogens is 2. The van der Waals surface area contributed by atoms with Crippen molar-refractivity contribution in [2.45, 2.75) is 19.8 Å². The zero-order chi connectivity index (χ0) is 12.6. The first-order valence-corrected chi connectivity index (χ1v) is 6.47. The molecule has 1 aromatic heterocycles. The van der Waals surface area contributed by atoms with E-state index < -0.39 is 0 Å². The Kier molecular flexibility index (Phi) is 3.45. The zero-order valence-electron chi connectivity index (χ0n) is 9.59. The molecular formula is C12H13BrClN3. The minimum absolute atomic E-state index is 0.295. The second-order valence-electron chi connectivity index (χ2n) is 4.18. The quantitative estimate of drug-likeness (QED) is 0.873. The summed E-state index contributed by atoms with van der Waals surface area (Å²) in [5.41, 5.74) is 8.69. The van der Waals surface area contributed by atoms with Gasteiger partial charge in [0.2, 0.25) is 0 Å². The maximum atomic E-state index is 6.23. The Morgan fingerprint density at radius 2 is 2.12 bits per heavy atom. The minimum atomic E-state index is 0.295. The van der Waals surface area contributed by atoms with Crippen molar-refractivity contribution in [1.82, 2.24) is 10.2 Å². The van der Waals surface area contributed by atoms with E-state index >= 15 is 0 Å². The van der Waals surface area contributed by atoms with Gasteiger partial charge in [-0.2, -0.15) is 5.10 Å². The van der Waals surface area contributed by atoms with Gasteiger partial charge in [-0.15, -0.1) is 0 Å². The lowest BCUT2D eigenvalue weighted by Crippen LogP contribution is -1.95. The van der Waals surface area contributed by atoms with Crippen molar-refractivity contribution in [2.24, 2.45) is 0 Å². The molecule has 0 amide bonds. The molecule has 0 aliphatic heterocycles. The van der Waals surface area contributed by atoms with Gasteiger partial charge in [-0.25, -0.2) is 0 Å². The third kappa shape index (κ3) is 2.33. The normalized spacial score (nSPS) is 11.1. The number of nitrogens with one attached hydrogen (secondary N) is 1. The Bertz CT molecular complexity index is 549. The zero-order valence-corrected chi connectivity index (χ0v) is 11.9. The van der Waals surface area contributed by atoms with Gasteiger partial charge >= 0.3 is 0 Å². The molecule has 1 aromatic carbocycles. The van der Waals surface area contributed by atoms with Crippen LogP contribution in [-0.2, 0) is 0 Å². The van der Waals surface area contributed by atoms with Gasteiger partial charge in [0.25, 0.3) is 0 Å². The Morgan fingerprint density at radius 3 is 2.71 bits per heavy atom. The minimum Gasteiger partial charge on any atom is -0.382 e. The molecule has 0 bridgehead atoms. The highest BCUT2D eigenvalue weighted by atomic mass is 79.9. The maximum Gasteiger partial charge on any atom is 0.149 e. The lowest BCUT2D eigenvalue weighted by atomic mass is 9.99. The van der Waals surface area contributed by atoms with Gasteiger partial charge in [0.15, 0.2) is 0 Å². The number of aromatic amines is 1. The summed E-state index contributed by atoms with van der Waals surface area (Å²) in [5, 5.41) is 7.69. The summed E-state index contributed by atoms with van der Waals surface area (Å²) in [6.45, 7) is 4.16. The van der Waals surface area contributed by atoms with Crippen molar-refractivity contribution in [3.8, 4) is 11.3 Å². The van der Waals surface area contributed by atoms with Crippen LogP contribution in [0.3, 0.4) is 0 Å². The maximum absolute atomic E-state index is 6.23. The van der Waals surface area contributed by atoms with Gasteiger partial charge < -0.3 is 5.73 Å². The molecule has 0 saturated heterocycles. The highest BCUT2D eigenvalue weighted by Gasteiger charge is 2.17. The summed E-state index contributed by atoms with van der Waals surface area (Å²) in [6.07, 6.45) is 0. The number of rotatable bonds is 2. The first-order chi connectivity index (χ1) is 8.00. The molecule has 0 unspecified atom stereocenters. The number of H-pyrrole nitrogens is 1. The smallest absolute Gasteiger partial charge is 0.149 e. The van der Waals surface area contributed by atoms with E-state index in [2.05, 4.69) is 40.0 Å². The summed E-state index contributed by atoms with van der Waals surface area (Å²) < 4.78 is 0.949. The number of hydrogen-bond acceptors (Lipinski definition) is 2. The molecule has 0 atom stereocenters. The van der Waals surface area contributed by atoms with Gasteiger partial charge in [0.05, 0.1) is 10.7 Å². The number of nitrogens with two attached hydrogens (primary N) is 1. The molecule has 5 heteroatoms. The van der Waals surface area contributed by atoms with Crippen molar-refractivity contribution in [3.63, 3.8) is 0 Å². The first-order valence-electron chi connectivity index (χ1n) is 5.30. The molecule has 17 heavy (non-hydrogen) atoms. The molecule has 1 heterocycles. The molecule has 3 nitrogen and oxygen atoms in total. The van der Waals surface area contributed by atoms with Crippen LogP contribution < -0.4 is 5.73 Å². The molecule has 0 saturated carbocycles. The molecule has 90 valence electrons. The molecule has 0 aliphatic carbocycles. The van der Waals surface area contributed by atoms with Crippen LogP contribution in [0.1, 0.15) is 25.3 Å². The number of nitrogen functional groups attached to an aromatic ring is 1. The van der Waals surface area contributed by atoms with E-state index in [4.69, 9.17) is 17.3 Å². The van der Waals surface area contributed by atoms with E-state index in [0.717, 1.165) is 21.3 Å². The fourth-order valence-corrected chi connectivity index (χ4v) is 2.61. The van der Waals surface area contributed by atoms with E-state index in [0.29, 0.717) is 16.8 Å². The summed E-state index contributed by atoms with van der Waals surface area (Å²) >= 11 is 9.62. The second-order valence-corrected chi connectivity index (χ2v) is 5.50. The van der Waals surface area contributed by atoms with Crippen LogP contribution in [0.25, 0.3) is 11.3 Å². The standard InChI is InChI=1S/C12H13BrClN3/c1-6(2)10-11(16-17-12(10)15)8-4-3-7(13)5-9(8)14/h3-6H,1-2H3,(H3,15,16,17). The number of hydrogen-bond donors (Lipinski definition) is 2. The van der Waals surface area contributed by atoms with Gasteiger partial charge in [0, 0.05) is 15.6 Å². The molecule has 3 N–H and O–H groups in total. The predicted octanol–water partition coefficient (Wildman–Crippen LogP) is 4.20. The molecule has 0 radical (unpaired) electrons.